The van der Waals surface area contributed by atoms with E-state index in [1.807, 2.05) is 0 Å². The van der Waals surface area contributed by atoms with Gasteiger partial charge in [0, 0.05) is 22.6 Å². The van der Waals surface area contributed by atoms with Crippen LogP contribution in [0.25, 0.3) is 0 Å². The number of carbonyl (C=O) groups is 1. The Morgan fingerprint density at radius 1 is 1.38 bits per heavy atom. The summed E-state index contributed by atoms with van der Waals surface area (Å²) in [6, 6.07) is 0. The number of hydrogen-bond donors (Lipinski definition) is 0. The third-order valence-corrected chi connectivity index (χ3v) is 8.28. The standard InChI is InChI=1S/C20H27ClN2O2S/c1-13-10-23(11-16-3-2-4-25-16)18(26-13)22-17(24)19-6-14-5-15(7-19)9-20(21,8-14)12-19/h10,14-16H,2-9,11-12H2,1H3. The zero-order valence-corrected chi connectivity index (χ0v) is 17.0. The number of aryl methyl sites for hydroxylation is 1. The third-order valence-electron chi connectivity index (χ3n) is 6.90. The summed E-state index contributed by atoms with van der Waals surface area (Å²) in [5.41, 5.74) is -0.300. The molecule has 1 aliphatic heterocycles. The molecular weight excluding hydrogens is 368 g/mol. The molecule has 6 heteroatoms. The number of ether oxygens (including phenoxy) is 1. The predicted molar refractivity (Wildman–Crippen MR) is 102 cm³/mol. The van der Waals surface area contributed by atoms with Gasteiger partial charge in [-0.15, -0.1) is 22.9 Å². The molecule has 4 aliphatic carbocycles. The fourth-order valence-electron chi connectivity index (χ4n) is 6.34. The van der Waals surface area contributed by atoms with Crippen LogP contribution < -0.4 is 4.80 Å². The minimum absolute atomic E-state index is 0.0829. The van der Waals surface area contributed by atoms with Crippen molar-refractivity contribution in [2.24, 2.45) is 22.2 Å². The Morgan fingerprint density at radius 3 is 2.81 bits per heavy atom. The van der Waals surface area contributed by atoms with E-state index in [0.717, 1.165) is 62.9 Å². The number of rotatable bonds is 3. The maximum absolute atomic E-state index is 13.3. The van der Waals surface area contributed by atoms with Crippen LogP contribution in [0.3, 0.4) is 0 Å². The topological polar surface area (TPSA) is 43.6 Å². The van der Waals surface area contributed by atoms with Crippen LogP contribution in [0.5, 0.6) is 0 Å². The summed E-state index contributed by atoms with van der Waals surface area (Å²) in [4.78, 5) is 19.9. The molecule has 0 N–H and O–H groups in total. The Hall–Kier alpha value is -0.650. The van der Waals surface area contributed by atoms with Crippen molar-refractivity contribution in [1.29, 1.82) is 0 Å². The first kappa shape index (κ1) is 17.4. The highest BCUT2D eigenvalue weighted by molar-refractivity contribution is 7.09. The summed E-state index contributed by atoms with van der Waals surface area (Å²) in [5, 5.41) is 0. The molecule has 6 rings (SSSR count). The van der Waals surface area contributed by atoms with Gasteiger partial charge < -0.3 is 9.30 Å². The van der Waals surface area contributed by atoms with Gasteiger partial charge in [-0.05, 0) is 70.1 Å². The predicted octanol–water partition coefficient (Wildman–Crippen LogP) is 4.04. The molecule has 1 amide bonds. The van der Waals surface area contributed by atoms with Crippen molar-refractivity contribution in [1.82, 2.24) is 4.57 Å². The molecule has 0 radical (unpaired) electrons. The highest BCUT2D eigenvalue weighted by Crippen LogP contribution is 2.64. The average molecular weight is 395 g/mol. The molecule has 2 heterocycles. The number of aromatic nitrogens is 1. The van der Waals surface area contributed by atoms with Crippen LogP contribution in [0.1, 0.15) is 56.2 Å². The van der Waals surface area contributed by atoms with E-state index >= 15 is 0 Å². The summed E-state index contributed by atoms with van der Waals surface area (Å²) < 4.78 is 7.91. The number of hydrogen-bond acceptors (Lipinski definition) is 3. The first-order valence-electron chi connectivity index (χ1n) is 10.00. The molecule has 1 aromatic rings. The van der Waals surface area contributed by atoms with Crippen LogP contribution in [0.15, 0.2) is 11.2 Å². The second-order valence-corrected chi connectivity index (χ2v) is 11.2. The van der Waals surface area contributed by atoms with Gasteiger partial charge in [0.15, 0.2) is 4.80 Å². The first-order valence-corrected chi connectivity index (χ1v) is 11.2. The maximum Gasteiger partial charge on any atom is 0.254 e. The van der Waals surface area contributed by atoms with Crippen molar-refractivity contribution in [3.63, 3.8) is 0 Å². The zero-order valence-electron chi connectivity index (χ0n) is 15.4. The van der Waals surface area contributed by atoms with E-state index in [1.165, 1.54) is 11.3 Å². The smallest absolute Gasteiger partial charge is 0.254 e. The molecule has 26 heavy (non-hydrogen) atoms. The molecule has 0 spiro atoms. The van der Waals surface area contributed by atoms with Crippen molar-refractivity contribution in [3.05, 3.63) is 15.9 Å². The summed E-state index contributed by atoms with van der Waals surface area (Å²) in [6.07, 6.45) is 10.9. The van der Waals surface area contributed by atoms with E-state index in [-0.39, 0.29) is 22.3 Å². The monoisotopic (exact) mass is 394 g/mol. The second kappa shape index (κ2) is 6.18. The van der Waals surface area contributed by atoms with Gasteiger partial charge in [-0.25, -0.2) is 0 Å². The number of amides is 1. The van der Waals surface area contributed by atoms with E-state index in [2.05, 4.69) is 22.7 Å². The Bertz CT molecular complexity index is 778. The Kier molecular flexibility index (Phi) is 4.15. The van der Waals surface area contributed by atoms with Gasteiger partial charge in [0.1, 0.15) is 0 Å². The van der Waals surface area contributed by atoms with Gasteiger partial charge in [-0.3, -0.25) is 4.79 Å². The van der Waals surface area contributed by atoms with Crippen LogP contribution in [0, 0.1) is 24.2 Å². The minimum atomic E-state index is -0.300. The lowest BCUT2D eigenvalue weighted by Gasteiger charge is -2.58. The van der Waals surface area contributed by atoms with Crippen LogP contribution in [-0.4, -0.2) is 28.1 Å². The maximum atomic E-state index is 13.3. The van der Waals surface area contributed by atoms with Crippen LogP contribution >= 0.6 is 22.9 Å². The fraction of sp³-hybridized carbons (Fsp3) is 0.800. The van der Waals surface area contributed by atoms with Crippen molar-refractivity contribution in [2.75, 3.05) is 6.61 Å². The summed E-state index contributed by atoms with van der Waals surface area (Å²) in [6.45, 7) is 3.73. The van der Waals surface area contributed by atoms with Crippen LogP contribution in [-0.2, 0) is 16.1 Å². The van der Waals surface area contributed by atoms with Gasteiger partial charge in [0.25, 0.3) is 5.91 Å². The lowest BCUT2D eigenvalue weighted by molar-refractivity contribution is -0.141. The van der Waals surface area contributed by atoms with Gasteiger partial charge in [-0.2, -0.15) is 4.99 Å². The molecule has 5 aliphatic rings. The third kappa shape index (κ3) is 3.00. The quantitative estimate of drug-likeness (QED) is 0.726. The number of thiazole rings is 1. The molecule has 4 bridgehead atoms. The molecule has 0 aromatic carbocycles. The lowest BCUT2D eigenvalue weighted by Crippen LogP contribution is -2.55. The number of halogens is 1. The molecule has 1 saturated heterocycles. The van der Waals surface area contributed by atoms with E-state index in [1.54, 1.807) is 11.3 Å². The average Bonchev–Trinajstić information content (AvgIpc) is 3.15. The van der Waals surface area contributed by atoms with Gasteiger partial charge in [-0.1, -0.05) is 0 Å². The van der Waals surface area contributed by atoms with Gasteiger partial charge in [0.05, 0.1) is 18.1 Å². The van der Waals surface area contributed by atoms with E-state index < -0.39 is 0 Å². The summed E-state index contributed by atoms with van der Waals surface area (Å²) in [5.74, 6) is 1.33. The number of nitrogens with zero attached hydrogens (tertiary/aromatic N) is 2. The normalized spacial score (nSPS) is 41.9. The molecule has 3 atom stereocenters. The lowest BCUT2D eigenvalue weighted by atomic mass is 9.49. The summed E-state index contributed by atoms with van der Waals surface area (Å²) in [7, 11) is 0. The first-order chi connectivity index (χ1) is 12.4. The molecule has 1 aromatic heterocycles. The molecule has 4 nitrogen and oxygen atoms in total. The fourth-order valence-corrected chi connectivity index (χ4v) is 7.87. The highest BCUT2D eigenvalue weighted by Gasteiger charge is 2.60. The Morgan fingerprint density at radius 2 is 2.15 bits per heavy atom. The molecular formula is C20H27ClN2O2S. The largest absolute Gasteiger partial charge is 0.376 e. The van der Waals surface area contributed by atoms with Crippen LogP contribution in [0.2, 0.25) is 0 Å². The number of carbonyl (C=O) groups excluding carboxylic acids is 1. The Balaban J connectivity index is 1.44. The second-order valence-electron chi connectivity index (χ2n) is 9.22. The van der Waals surface area contributed by atoms with E-state index in [4.69, 9.17) is 16.3 Å². The molecule has 3 unspecified atom stereocenters. The Labute approximate surface area is 163 Å². The van der Waals surface area contributed by atoms with Crippen LogP contribution in [0.4, 0.5) is 0 Å². The molecule has 5 fully saturated rings. The van der Waals surface area contributed by atoms with Gasteiger partial charge in [0.2, 0.25) is 0 Å². The van der Waals surface area contributed by atoms with Crippen molar-refractivity contribution in [2.45, 2.75) is 75.8 Å². The summed E-state index contributed by atoms with van der Waals surface area (Å²) >= 11 is 8.52. The van der Waals surface area contributed by atoms with Crippen molar-refractivity contribution in [3.8, 4) is 0 Å². The highest BCUT2D eigenvalue weighted by atomic mass is 35.5. The zero-order chi connectivity index (χ0) is 17.9. The van der Waals surface area contributed by atoms with E-state index in [9.17, 15) is 4.79 Å². The minimum Gasteiger partial charge on any atom is -0.376 e. The van der Waals surface area contributed by atoms with E-state index in [0.29, 0.717) is 11.8 Å². The molecule has 4 saturated carbocycles. The SMILES string of the molecule is Cc1cn(CC2CCCO2)c(=NC(=O)C23CC4CC(CC(Cl)(C4)C2)C3)s1. The number of alkyl halides is 1. The molecule has 142 valence electrons. The van der Waals surface area contributed by atoms with Crippen molar-refractivity contribution >= 4 is 28.8 Å². The van der Waals surface area contributed by atoms with Gasteiger partial charge >= 0.3 is 0 Å². The van der Waals surface area contributed by atoms with Crippen molar-refractivity contribution < 1.29 is 9.53 Å².